The van der Waals surface area contributed by atoms with Crippen molar-refractivity contribution >= 4 is 17.3 Å². The molecule has 7 nitrogen and oxygen atoms in total. The van der Waals surface area contributed by atoms with Crippen LogP contribution in [0.1, 0.15) is 24.0 Å². The third-order valence-corrected chi connectivity index (χ3v) is 6.98. The first kappa shape index (κ1) is 18.3. The number of benzene rings is 1. The number of hydrogen-bond donors (Lipinski definition) is 0. The maximum atomic E-state index is 13.4. The van der Waals surface area contributed by atoms with Crippen molar-refractivity contribution in [2.45, 2.75) is 19.3 Å². The van der Waals surface area contributed by atoms with Crippen molar-refractivity contribution in [3.8, 4) is 5.82 Å². The highest BCUT2D eigenvalue weighted by Gasteiger charge is 2.51. The highest BCUT2D eigenvalue weighted by atomic mass is 16.2. The van der Waals surface area contributed by atoms with Crippen molar-refractivity contribution in [3.63, 3.8) is 0 Å². The van der Waals surface area contributed by atoms with Gasteiger partial charge in [0, 0.05) is 38.6 Å². The largest absolute Gasteiger partial charge is 0.354 e. The van der Waals surface area contributed by atoms with E-state index in [-0.39, 0.29) is 5.41 Å². The van der Waals surface area contributed by atoms with Gasteiger partial charge >= 0.3 is 0 Å². The number of likely N-dealkylation sites (tertiary alicyclic amines) is 1. The van der Waals surface area contributed by atoms with Crippen LogP contribution in [0.15, 0.2) is 61.2 Å². The van der Waals surface area contributed by atoms with Crippen LogP contribution >= 0.6 is 0 Å². The van der Waals surface area contributed by atoms with Crippen LogP contribution in [-0.4, -0.2) is 56.7 Å². The normalized spacial score (nSPS) is 22.5. The molecule has 4 heterocycles. The molecule has 31 heavy (non-hydrogen) atoms. The fourth-order valence-electron chi connectivity index (χ4n) is 5.22. The third-order valence-electron chi connectivity index (χ3n) is 6.98. The Bertz CT molecular complexity index is 1150. The van der Waals surface area contributed by atoms with Gasteiger partial charge in [0.2, 0.25) is 5.91 Å². The Morgan fingerprint density at radius 1 is 1.00 bits per heavy atom. The Morgan fingerprint density at radius 2 is 1.84 bits per heavy atom. The Morgan fingerprint density at radius 3 is 2.68 bits per heavy atom. The topological polar surface area (TPSA) is 67.2 Å². The summed E-state index contributed by atoms with van der Waals surface area (Å²) >= 11 is 0. The van der Waals surface area contributed by atoms with Crippen molar-refractivity contribution in [1.82, 2.24) is 24.6 Å². The molecule has 0 saturated carbocycles. The summed E-state index contributed by atoms with van der Waals surface area (Å²) in [6.45, 7) is 3.11. The molecule has 3 aromatic rings. The first-order valence-electron chi connectivity index (χ1n) is 10.9. The zero-order chi connectivity index (χ0) is 20.8. The molecule has 0 radical (unpaired) electrons. The predicted octanol–water partition coefficient (Wildman–Crippen LogP) is 2.73. The lowest BCUT2D eigenvalue weighted by Crippen LogP contribution is -2.37. The molecule has 3 aliphatic rings. The van der Waals surface area contributed by atoms with E-state index in [1.54, 1.807) is 12.5 Å². The number of hydrogen-bond acceptors (Lipinski definition) is 5. The molecule has 1 amide bonds. The van der Waals surface area contributed by atoms with Gasteiger partial charge in [0.1, 0.15) is 6.33 Å². The third kappa shape index (κ3) is 3.03. The van der Waals surface area contributed by atoms with E-state index >= 15 is 0 Å². The minimum absolute atomic E-state index is 0.288. The van der Waals surface area contributed by atoms with Gasteiger partial charge in [0.15, 0.2) is 11.6 Å². The van der Waals surface area contributed by atoms with Gasteiger partial charge in [0.25, 0.3) is 0 Å². The molecule has 156 valence electrons. The van der Waals surface area contributed by atoms with Crippen molar-refractivity contribution in [3.05, 3.63) is 72.3 Å². The highest BCUT2D eigenvalue weighted by molar-refractivity contribution is 5.88. The fraction of sp³-hybridized carbons (Fsp3) is 0.333. The first-order valence-corrected chi connectivity index (χ1v) is 10.9. The van der Waals surface area contributed by atoms with E-state index in [1.165, 1.54) is 16.7 Å². The summed E-state index contributed by atoms with van der Waals surface area (Å²) in [6.07, 6.45) is 10.3. The lowest BCUT2D eigenvalue weighted by Gasteiger charge is -2.24. The molecule has 1 aliphatic carbocycles. The zero-order valence-corrected chi connectivity index (χ0v) is 17.3. The molecule has 6 rings (SSSR count). The number of rotatable bonds is 4. The molecule has 2 fully saturated rings. The number of aromatic nitrogens is 4. The Kier molecular flexibility index (Phi) is 4.16. The van der Waals surface area contributed by atoms with Crippen LogP contribution in [-0.2, 0) is 11.2 Å². The molecule has 0 bridgehead atoms. The minimum Gasteiger partial charge on any atom is -0.354 e. The van der Waals surface area contributed by atoms with Gasteiger partial charge < -0.3 is 9.80 Å². The molecule has 7 heteroatoms. The average Bonchev–Trinajstić information content (AvgIpc) is 3.60. The van der Waals surface area contributed by atoms with Crippen LogP contribution < -0.4 is 4.90 Å². The van der Waals surface area contributed by atoms with E-state index in [0.29, 0.717) is 5.91 Å². The molecule has 0 N–H and O–H groups in total. The number of amides is 1. The summed E-state index contributed by atoms with van der Waals surface area (Å²) in [5, 5.41) is 8.75. The van der Waals surface area contributed by atoms with E-state index in [2.05, 4.69) is 55.3 Å². The number of nitrogens with zero attached hydrogens (tertiary/aromatic N) is 6. The van der Waals surface area contributed by atoms with Crippen LogP contribution in [0, 0.1) is 5.41 Å². The minimum atomic E-state index is -0.288. The zero-order valence-electron chi connectivity index (χ0n) is 17.3. The molecular weight excluding hydrogens is 388 g/mol. The number of anilines is 1. The van der Waals surface area contributed by atoms with Crippen LogP contribution in [0.5, 0.6) is 0 Å². The van der Waals surface area contributed by atoms with Crippen LogP contribution in [0.4, 0.5) is 5.82 Å². The number of fused-ring (bicyclic) bond motifs is 1. The van der Waals surface area contributed by atoms with Gasteiger partial charge in [-0.05, 0) is 48.1 Å². The first-order chi connectivity index (χ1) is 15.2. The maximum absolute atomic E-state index is 13.4. The van der Waals surface area contributed by atoms with E-state index in [0.717, 1.165) is 57.1 Å². The van der Waals surface area contributed by atoms with Crippen molar-refractivity contribution in [1.29, 1.82) is 0 Å². The van der Waals surface area contributed by atoms with Crippen LogP contribution in [0.3, 0.4) is 0 Å². The standard InChI is InChI=1S/C24H24N6O/c31-23-24(9-12-28(23)15-19-6-5-18-3-1-2-4-20(18)19)10-13-29(16-24)21-7-8-22(27-26-21)30-14-11-25-17-30/h1-4,6-8,11,14,17H,5,9-10,12-13,15-16H2. The molecule has 2 aromatic heterocycles. The van der Waals surface area contributed by atoms with Crippen molar-refractivity contribution in [2.75, 3.05) is 31.1 Å². The van der Waals surface area contributed by atoms with Crippen molar-refractivity contribution < 1.29 is 4.79 Å². The summed E-state index contributed by atoms with van der Waals surface area (Å²) in [7, 11) is 0. The predicted molar refractivity (Wildman–Crippen MR) is 118 cm³/mol. The van der Waals surface area contributed by atoms with Gasteiger partial charge in [-0.2, -0.15) is 0 Å². The monoisotopic (exact) mass is 412 g/mol. The van der Waals surface area contributed by atoms with E-state index < -0.39 is 0 Å². The van der Waals surface area contributed by atoms with E-state index in [1.807, 2.05) is 22.9 Å². The Hall–Kier alpha value is -3.48. The van der Waals surface area contributed by atoms with E-state index in [4.69, 9.17) is 0 Å². The summed E-state index contributed by atoms with van der Waals surface area (Å²) in [5.41, 5.74) is 3.67. The van der Waals surface area contributed by atoms with Gasteiger partial charge in [-0.1, -0.05) is 30.3 Å². The number of imidazole rings is 1. The molecule has 1 aromatic carbocycles. The van der Waals surface area contributed by atoms with Gasteiger partial charge in [-0.3, -0.25) is 9.36 Å². The molecule has 1 spiro atoms. The van der Waals surface area contributed by atoms with Gasteiger partial charge in [-0.15, -0.1) is 10.2 Å². The van der Waals surface area contributed by atoms with Crippen LogP contribution in [0.25, 0.3) is 11.4 Å². The van der Waals surface area contributed by atoms with Gasteiger partial charge in [0.05, 0.1) is 5.41 Å². The van der Waals surface area contributed by atoms with Crippen molar-refractivity contribution in [2.24, 2.45) is 5.41 Å². The highest BCUT2D eigenvalue weighted by Crippen LogP contribution is 2.42. The lowest BCUT2D eigenvalue weighted by atomic mass is 9.85. The molecule has 2 saturated heterocycles. The second-order valence-electron chi connectivity index (χ2n) is 8.74. The van der Waals surface area contributed by atoms with Crippen LogP contribution in [0.2, 0.25) is 0 Å². The summed E-state index contributed by atoms with van der Waals surface area (Å²) < 4.78 is 1.83. The summed E-state index contributed by atoms with van der Waals surface area (Å²) in [6, 6.07) is 12.5. The number of carbonyl (C=O) groups excluding carboxylic acids is 1. The number of allylic oxidation sites excluding steroid dienone is 1. The second kappa shape index (κ2) is 7.04. The molecule has 1 atom stereocenters. The molecular formula is C24H24N6O. The molecule has 2 aliphatic heterocycles. The number of carbonyl (C=O) groups is 1. The Labute approximate surface area is 181 Å². The lowest BCUT2D eigenvalue weighted by molar-refractivity contribution is -0.134. The summed E-state index contributed by atoms with van der Waals surface area (Å²) in [4.78, 5) is 21.8. The Balaban J connectivity index is 1.15. The smallest absolute Gasteiger partial charge is 0.231 e. The average molecular weight is 412 g/mol. The summed E-state index contributed by atoms with van der Waals surface area (Å²) in [5.74, 6) is 1.87. The van der Waals surface area contributed by atoms with Gasteiger partial charge in [-0.25, -0.2) is 4.98 Å². The maximum Gasteiger partial charge on any atom is 0.231 e. The second-order valence-corrected chi connectivity index (χ2v) is 8.74. The quantitative estimate of drug-likeness (QED) is 0.659. The molecule has 1 unspecified atom stereocenters. The SMILES string of the molecule is O=C1N(CC2=CCc3ccccc32)CCC12CCN(c1ccc(-n3ccnc3)nn1)C2. The van der Waals surface area contributed by atoms with E-state index in [9.17, 15) is 4.79 Å². The fourth-order valence-corrected chi connectivity index (χ4v) is 5.22.